The number of aromatic nitrogens is 1. The molecule has 1 atom stereocenters. The molecule has 1 aliphatic rings. The van der Waals surface area contributed by atoms with Crippen molar-refractivity contribution >= 4 is 0 Å². The number of hydrogen-bond donors (Lipinski definition) is 1. The van der Waals surface area contributed by atoms with E-state index in [1.807, 2.05) is 0 Å². The topological polar surface area (TPSA) is 20.2 Å². The van der Waals surface area contributed by atoms with Gasteiger partial charge in [-0.25, -0.2) is 0 Å². The molecule has 0 saturated carbocycles. The summed E-state index contributed by atoms with van der Waals surface area (Å²) in [4.78, 5) is 2.61. The Kier molecular flexibility index (Phi) is 7.31. The molecule has 1 aliphatic heterocycles. The van der Waals surface area contributed by atoms with Crippen LogP contribution in [0.2, 0.25) is 0 Å². The van der Waals surface area contributed by atoms with E-state index in [2.05, 4.69) is 47.1 Å². The van der Waals surface area contributed by atoms with Gasteiger partial charge >= 0.3 is 0 Å². The first-order valence-corrected chi connectivity index (χ1v) is 8.95. The Labute approximate surface area is 130 Å². The van der Waals surface area contributed by atoms with Crippen LogP contribution in [0.4, 0.5) is 0 Å². The summed E-state index contributed by atoms with van der Waals surface area (Å²) >= 11 is 0. The highest BCUT2D eigenvalue weighted by atomic mass is 15.1. The molecule has 1 aromatic rings. The van der Waals surface area contributed by atoms with Crippen LogP contribution >= 0.6 is 0 Å². The van der Waals surface area contributed by atoms with Crippen molar-refractivity contribution in [2.75, 3.05) is 26.2 Å². The number of hydrogen-bond acceptors (Lipinski definition) is 2. The maximum Gasteiger partial charge on any atom is 0.0347 e. The van der Waals surface area contributed by atoms with Gasteiger partial charge in [0.2, 0.25) is 0 Å². The van der Waals surface area contributed by atoms with E-state index in [0.29, 0.717) is 6.04 Å². The third-order valence-electron chi connectivity index (χ3n) is 4.52. The molecule has 21 heavy (non-hydrogen) atoms. The highest BCUT2D eigenvalue weighted by Crippen LogP contribution is 2.19. The maximum atomic E-state index is 3.68. The van der Waals surface area contributed by atoms with Gasteiger partial charge in [0.05, 0.1) is 0 Å². The molecule has 2 rings (SSSR count). The second kappa shape index (κ2) is 9.26. The predicted molar refractivity (Wildman–Crippen MR) is 90.7 cm³/mol. The van der Waals surface area contributed by atoms with Gasteiger partial charge in [0.15, 0.2) is 0 Å². The van der Waals surface area contributed by atoms with Crippen molar-refractivity contribution in [2.24, 2.45) is 0 Å². The fourth-order valence-electron chi connectivity index (χ4n) is 3.24. The number of nitrogens with zero attached hydrogens (tertiary/aromatic N) is 2. The Balaban J connectivity index is 1.83. The maximum absolute atomic E-state index is 3.68. The largest absolute Gasteiger partial charge is 0.353 e. The minimum Gasteiger partial charge on any atom is -0.353 e. The molecule has 3 heteroatoms. The van der Waals surface area contributed by atoms with E-state index < -0.39 is 0 Å². The molecule has 2 heterocycles. The third-order valence-corrected chi connectivity index (χ3v) is 4.52. The lowest BCUT2D eigenvalue weighted by molar-refractivity contribution is 0.221. The number of rotatable bonds is 9. The van der Waals surface area contributed by atoms with Crippen molar-refractivity contribution in [3.8, 4) is 0 Å². The number of nitrogens with one attached hydrogen (secondary N) is 1. The van der Waals surface area contributed by atoms with E-state index in [0.717, 1.165) is 13.1 Å². The molecule has 1 saturated heterocycles. The van der Waals surface area contributed by atoms with Gasteiger partial charge in [-0.05, 0) is 56.9 Å². The van der Waals surface area contributed by atoms with Gasteiger partial charge < -0.3 is 14.8 Å². The van der Waals surface area contributed by atoms with Gasteiger partial charge in [0.25, 0.3) is 0 Å². The zero-order valence-corrected chi connectivity index (χ0v) is 14.0. The minimum absolute atomic E-state index is 0.534. The number of likely N-dealkylation sites (tertiary alicyclic amines) is 1. The molecule has 120 valence electrons. The summed E-state index contributed by atoms with van der Waals surface area (Å²) in [6.45, 7) is 10.5. The highest BCUT2D eigenvalue weighted by Gasteiger charge is 2.12. The van der Waals surface area contributed by atoms with E-state index in [9.17, 15) is 0 Å². The lowest BCUT2D eigenvalue weighted by Gasteiger charge is -2.26. The molecule has 0 radical (unpaired) electrons. The molecule has 1 fully saturated rings. The van der Waals surface area contributed by atoms with Crippen LogP contribution in [0.5, 0.6) is 0 Å². The Morgan fingerprint density at radius 3 is 2.62 bits per heavy atom. The van der Waals surface area contributed by atoms with Crippen LogP contribution in [0, 0.1) is 0 Å². The molecule has 0 amide bonds. The Morgan fingerprint density at radius 1 is 1.10 bits per heavy atom. The van der Waals surface area contributed by atoms with Gasteiger partial charge in [-0.3, -0.25) is 0 Å². The van der Waals surface area contributed by atoms with E-state index >= 15 is 0 Å². The molecule has 3 nitrogen and oxygen atoms in total. The average molecular weight is 291 g/mol. The van der Waals surface area contributed by atoms with E-state index in [-0.39, 0.29) is 0 Å². The van der Waals surface area contributed by atoms with E-state index in [4.69, 9.17) is 0 Å². The lowest BCUT2D eigenvalue weighted by Crippen LogP contribution is -2.32. The molecule has 1 unspecified atom stereocenters. The van der Waals surface area contributed by atoms with Crippen molar-refractivity contribution in [3.63, 3.8) is 0 Å². The average Bonchev–Trinajstić information content (AvgIpc) is 2.99. The van der Waals surface area contributed by atoms with Crippen LogP contribution in [0.15, 0.2) is 18.5 Å². The quantitative estimate of drug-likeness (QED) is 0.746. The van der Waals surface area contributed by atoms with E-state index in [1.165, 1.54) is 63.7 Å². The first-order chi connectivity index (χ1) is 10.3. The monoisotopic (exact) mass is 291 g/mol. The summed E-state index contributed by atoms with van der Waals surface area (Å²) in [5.74, 6) is 0. The summed E-state index contributed by atoms with van der Waals surface area (Å²) < 4.78 is 2.38. The van der Waals surface area contributed by atoms with Crippen LogP contribution in [0.1, 0.15) is 64.0 Å². The van der Waals surface area contributed by atoms with Crippen LogP contribution in [-0.4, -0.2) is 35.6 Å². The zero-order chi connectivity index (χ0) is 14.9. The molecule has 0 aromatic carbocycles. The molecule has 0 aliphatic carbocycles. The van der Waals surface area contributed by atoms with Crippen molar-refractivity contribution in [2.45, 2.75) is 65.0 Å². The highest BCUT2D eigenvalue weighted by molar-refractivity contribution is 5.15. The third kappa shape index (κ3) is 5.48. The predicted octanol–water partition coefficient (Wildman–Crippen LogP) is 3.81. The number of piperidine rings is 1. The molecule has 0 spiro atoms. The van der Waals surface area contributed by atoms with E-state index in [1.54, 1.807) is 0 Å². The van der Waals surface area contributed by atoms with Crippen molar-refractivity contribution in [1.82, 2.24) is 14.8 Å². The molecule has 1 N–H and O–H groups in total. The van der Waals surface area contributed by atoms with Crippen LogP contribution < -0.4 is 5.32 Å². The first kappa shape index (κ1) is 16.6. The standard InChI is InChI=1S/C18H33N3/c1-3-8-18(19-10-4-2)17-9-13-21(16-17)15-14-20-11-6-5-7-12-20/h9,13,16,18-19H,3-8,10-12,14-15H2,1-2H3. The van der Waals surface area contributed by atoms with Gasteiger partial charge in [0.1, 0.15) is 0 Å². The van der Waals surface area contributed by atoms with Gasteiger partial charge in [-0.1, -0.05) is 26.7 Å². The van der Waals surface area contributed by atoms with Crippen LogP contribution in [0.3, 0.4) is 0 Å². The van der Waals surface area contributed by atoms with Gasteiger partial charge in [0, 0.05) is 31.5 Å². The normalized spacial score (nSPS) is 18.0. The molecule has 1 aromatic heterocycles. The molecular weight excluding hydrogens is 258 g/mol. The molecular formula is C18H33N3. The zero-order valence-electron chi connectivity index (χ0n) is 14.0. The van der Waals surface area contributed by atoms with Gasteiger partial charge in [-0.2, -0.15) is 0 Å². The Morgan fingerprint density at radius 2 is 1.90 bits per heavy atom. The fourth-order valence-corrected chi connectivity index (χ4v) is 3.24. The SMILES string of the molecule is CCCNC(CCC)c1ccn(CCN2CCCCC2)c1. The second-order valence-corrected chi connectivity index (χ2v) is 6.38. The van der Waals surface area contributed by atoms with Crippen molar-refractivity contribution in [3.05, 3.63) is 24.0 Å². The van der Waals surface area contributed by atoms with Crippen molar-refractivity contribution in [1.29, 1.82) is 0 Å². The lowest BCUT2D eigenvalue weighted by atomic mass is 10.1. The smallest absolute Gasteiger partial charge is 0.0347 e. The fraction of sp³-hybridized carbons (Fsp3) is 0.778. The second-order valence-electron chi connectivity index (χ2n) is 6.38. The summed E-state index contributed by atoms with van der Waals surface area (Å²) in [5.41, 5.74) is 1.46. The van der Waals surface area contributed by atoms with Crippen molar-refractivity contribution < 1.29 is 0 Å². The summed E-state index contributed by atoms with van der Waals surface area (Å²) in [5, 5.41) is 3.68. The van der Waals surface area contributed by atoms with Crippen LogP contribution in [0.25, 0.3) is 0 Å². The van der Waals surface area contributed by atoms with Crippen LogP contribution in [-0.2, 0) is 6.54 Å². The van der Waals surface area contributed by atoms with Gasteiger partial charge in [-0.15, -0.1) is 0 Å². The summed E-state index contributed by atoms with van der Waals surface area (Å²) in [6.07, 6.45) is 12.5. The molecule has 0 bridgehead atoms. The minimum atomic E-state index is 0.534. The Hall–Kier alpha value is -0.800. The Bertz CT molecular complexity index is 380. The first-order valence-electron chi connectivity index (χ1n) is 8.95. The summed E-state index contributed by atoms with van der Waals surface area (Å²) in [7, 11) is 0. The summed E-state index contributed by atoms with van der Waals surface area (Å²) in [6, 6.07) is 2.84.